The van der Waals surface area contributed by atoms with E-state index in [1.165, 1.54) is 12.8 Å². The average molecular weight is 338 g/mol. The van der Waals surface area contributed by atoms with Crippen LogP contribution in [0.25, 0.3) is 0 Å². The minimum Gasteiger partial charge on any atom is -0.379 e. The van der Waals surface area contributed by atoms with Crippen molar-refractivity contribution in [1.82, 2.24) is 20.5 Å². The number of carbonyl (C=O) groups is 1. The summed E-state index contributed by atoms with van der Waals surface area (Å²) in [7, 11) is 0. The highest BCUT2D eigenvalue weighted by molar-refractivity contribution is 7.09. The van der Waals surface area contributed by atoms with Crippen molar-refractivity contribution in [1.29, 1.82) is 0 Å². The first kappa shape index (κ1) is 16.7. The summed E-state index contributed by atoms with van der Waals surface area (Å²) in [6, 6.07) is 0.675. The standard InChI is InChI=1S/C16H26N4O2S/c1-11(20-6-7-22-10-12(20)2)9-18-16(21)19-14(13-3-4-13)15-17-5-8-23-15/h5,8,11-14H,3-4,6-7,9-10H2,1-2H3,(H2,18,19,21)/t11-,12+,14-/m1/s1. The van der Waals surface area contributed by atoms with Crippen LogP contribution in [0.1, 0.15) is 37.7 Å². The predicted molar refractivity (Wildman–Crippen MR) is 90.6 cm³/mol. The van der Waals surface area contributed by atoms with Gasteiger partial charge in [0.1, 0.15) is 5.01 Å². The van der Waals surface area contributed by atoms with Crippen molar-refractivity contribution in [3.63, 3.8) is 0 Å². The molecule has 1 aliphatic carbocycles. The smallest absolute Gasteiger partial charge is 0.315 e. The van der Waals surface area contributed by atoms with E-state index in [-0.39, 0.29) is 12.1 Å². The largest absolute Gasteiger partial charge is 0.379 e. The summed E-state index contributed by atoms with van der Waals surface area (Å²) in [4.78, 5) is 19.0. The zero-order valence-electron chi connectivity index (χ0n) is 13.8. The maximum atomic E-state index is 12.3. The number of amides is 2. The minimum atomic E-state index is -0.0927. The van der Waals surface area contributed by atoms with Gasteiger partial charge < -0.3 is 15.4 Å². The topological polar surface area (TPSA) is 66.5 Å². The first-order valence-electron chi connectivity index (χ1n) is 8.42. The number of urea groups is 1. The van der Waals surface area contributed by atoms with Crippen molar-refractivity contribution in [3.8, 4) is 0 Å². The molecule has 2 aliphatic rings. The van der Waals surface area contributed by atoms with Crippen LogP contribution in [-0.2, 0) is 4.74 Å². The van der Waals surface area contributed by atoms with Gasteiger partial charge in [-0.2, -0.15) is 0 Å². The van der Waals surface area contributed by atoms with Crippen LogP contribution >= 0.6 is 11.3 Å². The summed E-state index contributed by atoms with van der Waals surface area (Å²) in [6.07, 6.45) is 4.15. The van der Waals surface area contributed by atoms with Crippen molar-refractivity contribution < 1.29 is 9.53 Å². The molecule has 1 saturated carbocycles. The Morgan fingerprint density at radius 2 is 2.39 bits per heavy atom. The molecule has 0 aromatic carbocycles. The van der Waals surface area contributed by atoms with E-state index in [4.69, 9.17) is 4.74 Å². The summed E-state index contributed by atoms with van der Waals surface area (Å²) in [5, 5.41) is 9.10. The third-order valence-corrected chi connectivity index (χ3v) is 5.50. The van der Waals surface area contributed by atoms with Crippen molar-refractivity contribution in [3.05, 3.63) is 16.6 Å². The monoisotopic (exact) mass is 338 g/mol. The zero-order chi connectivity index (χ0) is 16.2. The highest BCUT2D eigenvalue weighted by Crippen LogP contribution is 2.41. The van der Waals surface area contributed by atoms with E-state index in [0.717, 1.165) is 24.8 Å². The van der Waals surface area contributed by atoms with Gasteiger partial charge in [-0.05, 0) is 32.6 Å². The van der Waals surface area contributed by atoms with E-state index in [2.05, 4.69) is 34.4 Å². The normalized spacial score (nSPS) is 24.9. The number of morpholine rings is 1. The molecule has 7 heteroatoms. The van der Waals surface area contributed by atoms with Crippen molar-refractivity contribution in [2.75, 3.05) is 26.3 Å². The number of nitrogens with one attached hydrogen (secondary N) is 2. The Labute approximate surface area is 141 Å². The van der Waals surface area contributed by atoms with Crippen molar-refractivity contribution >= 4 is 17.4 Å². The molecule has 2 heterocycles. The van der Waals surface area contributed by atoms with Gasteiger partial charge in [-0.3, -0.25) is 4.90 Å². The van der Waals surface area contributed by atoms with Gasteiger partial charge >= 0.3 is 6.03 Å². The van der Waals surface area contributed by atoms with Gasteiger partial charge in [0.05, 0.1) is 19.3 Å². The number of ether oxygens (including phenoxy) is 1. The third-order valence-electron chi connectivity index (χ3n) is 4.64. The quantitative estimate of drug-likeness (QED) is 0.833. The fourth-order valence-corrected chi connectivity index (χ4v) is 3.92. The molecule has 1 aromatic rings. The van der Waals surface area contributed by atoms with Crippen LogP contribution in [0.4, 0.5) is 4.79 Å². The second-order valence-electron chi connectivity index (χ2n) is 6.55. The molecule has 1 aromatic heterocycles. The maximum absolute atomic E-state index is 12.3. The van der Waals surface area contributed by atoms with E-state index in [9.17, 15) is 4.79 Å². The summed E-state index contributed by atoms with van der Waals surface area (Å²) >= 11 is 1.61. The van der Waals surface area contributed by atoms with Gasteiger partial charge in [0, 0.05) is 36.8 Å². The highest BCUT2D eigenvalue weighted by atomic mass is 32.1. The van der Waals surface area contributed by atoms with Crippen LogP contribution < -0.4 is 10.6 Å². The van der Waals surface area contributed by atoms with E-state index in [1.54, 1.807) is 17.5 Å². The first-order valence-corrected chi connectivity index (χ1v) is 9.30. The lowest BCUT2D eigenvalue weighted by atomic mass is 10.2. The Hall–Kier alpha value is -1.18. The molecular weight excluding hydrogens is 312 g/mol. The molecule has 2 N–H and O–H groups in total. The average Bonchev–Trinajstić information content (AvgIpc) is 3.24. The molecule has 128 valence electrons. The number of aromatic nitrogens is 1. The first-order chi connectivity index (χ1) is 11.1. The number of nitrogens with zero attached hydrogens (tertiary/aromatic N) is 2. The Balaban J connectivity index is 1.47. The molecule has 2 amide bonds. The van der Waals surface area contributed by atoms with Gasteiger partial charge in [-0.15, -0.1) is 11.3 Å². The number of carbonyl (C=O) groups excluding carboxylic acids is 1. The third kappa shape index (κ3) is 4.43. The Morgan fingerprint density at radius 3 is 3.04 bits per heavy atom. The maximum Gasteiger partial charge on any atom is 0.315 e. The number of rotatable bonds is 6. The van der Waals surface area contributed by atoms with Crippen molar-refractivity contribution in [2.45, 2.75) is 44.8 Å². The Morgan fingerprint density at radius 1 is 1.57 bits per heavy atom. The SMILES string of the molecule is C[C@H](CNC(=O)N[C@@H](c1nccs1)C1CC1)N1CCOC[C@@H]1C. The van der Waals surface area contributed by atoms with Crippen LogP contribution in [0.15, 0.2) is 11.6 Å². The van der Waals surface area contributed by atoms with Gasteiger partial charge in [0.2, 0.25) is 0 Å². The predicted octanol–water partition coefficient (Wildman–Crippen LogP) is 2.00. The zero-order valence-corrected chi connectivity index (χ0v) is 14.6. The highest BCUT2D eigenvalue weighted by Gasteiger charge is 2.35. The molecule has 1 saturated heterocycles. The molecule has 0 bridgehead atoms. The van der Waals surface area contributed by atoms with E-state index >= 15 is 0 Å². The Kier molecular flexibility index (Phi) is 5.50. The lowest BCUT2D eigenvalue weighted by molar-refractivity contribution is -0.0176. The van der Waals surface area contributed by atoms with E-state index < -0.39 is 0 Å². The molecule has 23 heavy (non-hydrogen) atoms. The molecule has 3 rings (SSSR count). The number of hydrogen-bond donors (Lipinski definition) is 2. The fourth-order valence-electron chi connectivity index (χ4n) is 3.14. The van der Waals surface area contributed by atoms with Crippen LogP contribution in [0.2, 0.25) is 0 Å². The molecule has 0 unspecified atom stereocenters. The van der Waals surface area contributed by atoms with Crippen molar-refractivity contribution in [2.24, 2.45) is 5.92 Å². The molecule has 0 spiro atoms. The lowest BCUT2D eigenvalue weighted by Crippen LogP contribution is -2.53. The summed E-state index contributed by atoms with van der Waals surface area (Å²) in [5.74, 6) is 0.545. The van der Waals surface area contributed by atoms with Gasteiger partial charge in [0.25, 0.3) is 0 Å². The van der Waals surface area contributed by atoms with Gasteiger partial charge in [-0.1, -0.05) is 0 Å². The second-order valence-corrected chi connectivity index (χ2v) is 7.48. The molecule has 1 aliphatic heterocycles. The molecule has 0 radical (unpaired) electrons. The molecular formula is C16H26N4O2S. The minimum absolute atomic E-state index is 0.0626. The lowest BCUT2D eigenvalue weighted by Gasteiger charge is -2.37. The van der Waals surface area contributed by atoms with Gasteiger partial charge in [0.15, 0.2) is 0 Å². The Bertz CT molecular complexity index is 506. The van der Waals surface area contributed by atoms with Crippen LogP contribution in [0.3, 0.4) is 0 Å². The summed E-state index contributed by atoms with van der Waals surface area (Å²) in [5.41, 5.74) is 0. The molecule has 2 fully saturated rings. The fraction of sp³-hybridized carbons (Fsp3) is 0.750. The van der Waals surface area contributed by atoms with Crippen LogP contribution in [0, 0.1) is 5.92 Å². The summed E-state index contributed by atoms with van der Waals surface area (Å²) < 4.78 is 5.47. The van der Waals surface area contributed by atoms with Crippen LogP contribution in [0.5, 0.6) is 0 Å². The van der Waals surface area contributed by atoms with E-state index in [1.807, 2.05) is 5.38 Å². The number of thiazole rings is 1. The number of hydrogen-bond acceptors (Lipinski definition) is 5. The van der Waals surface area contributed by atoms with Gasteiger partial charge in [-0.25, -0.2) is 9.78 Å². The second kappa shape index (κ2) is 7.59. The molecule has 3 atom stereocenters. The van der Waals surface area contributed by atoms with E-state index in [0.29, 0.717) is 24.5 Å². The molecule has 6 nitrogen and oxygen atoms in total. The summed E-state index contributed by atoms with van der Waals surface area (Å²) in [6.45, 7) is 7.43. The van der Waals surface area contributed by atoms with Crippen LogP contribution in [-0.4, -0.2) is 54.3 Å².